The highest BCUT2D eigenvalue weighted by atomic mass is 31.1. The summed E-state index contributed by atoms with van der Waals surface area (Å²) in [6, 6.07) is 0. The van der Waals surface area contributed by atoms with Crippen LogP contribution in [0.5, 0.6) is 0 Å². The SMILES string of the molecule is CPC(C)(CC(C)C)C(=O)OC(C)(C)C1CCCC1. The van der Waals surface area contributed by atoms with Crippen LogP contribution in [0.1, 0.15) is 66.7 Å². The van der Waals surface area contributed by atoms with Crippen LogP contribution >= 0.6 is 8.58 Å². The van der Waals surface area contributed by atoms with Crippen molar-refractivity contribution in [3.63, 3.8) is 0 Å². The van der Waals surface area contributed by atoms with Crippen molar-refractivity contribution in [2.45, 2.75) is 77.5 Å². The number of rotatable bonds is 6. The largest absolute Gasteiger partial charge is 0.459 e. The molecule has 0 aromatic rings. The third-order valence-electron chi connectivity index (χ3n) is 4.51. The van der Waals surface area contributed by atoms with Gasteiger partial charge in [-0.1, -0.05) is 26.7 Å². The van der Waals surface area contributed by atoms with Crippen molar-refractivity contribution in [1.29, 1.82) is 0 Å². The molecule has 0 radical (unpaired) electrons. The van der Waals surface area contributed by atoms with Crippen molar-refractivity contribution in [3.8, 4) is 0 Å². The quantitative estimate of drug-likeness (QED) is 0.526. The van der Waals surface area contributed by atoms with Crippen molar-refractivity contribution in [2.24, 2.45) is 11.8 Å². The summed E-state index contributed by atoms with van der Waals surface area (Å²) in [6.07, 6.45) is 5.89. The van der Waals surface area contributed by atoms with Crippen LogP contribution in [-0.4, -0.2) is 23.4 Å². The molecule has 0 bridgehead atoms. The summed E-state index contributed by atoms with van der Waals surface area (Å²) < 4.78 is 5.95. The van der Waals surface area contributed by atoms with Gasteiger partial charge in [-0.2, -0.15) is 0 Å². The van der Waals surface area contributed by atoms with E-state index in [1.54, 1.807) is 0 Å². The van der Waals surface area contributed by atoms with Gasteiger partial charge >= 0.3 is 5.97 Å². The van der Waals surface area contributed by atoms with E-state index in [1.165, 1.54) is 25.7 Å². The van der Waals surface area contributed by atoms with Gasteiger partial charge in [-0.25, -0.2) is 0 Å². The number of carbonyl (C=O) groups is 1. The molecule has 1 saturated carbocycles. The number of hydrogen-bond donors (Lipinski definition) is 0. The minimum absolute atomic E-state index is 0.0129. The van der Waals surface area contributed by atoms with E-state index in [4.69, 9.17) is 4.74 Å². The first-order valence-corrected chi connectivity index (χ1v) is 9.13. The Labute approximate surface area is 120 Å². The molecule has 2 unspecified atom stereocenters. The maximum Gasteiger partial charge on any atom is 0.316 e. The van der Waals surface area contributed by atoms with Crippen LogP contribution in [0.25, 0.3) is 0 Å². The second kappa shape index (κ2) is 6.57. The van der Waals surface area contributed by atoms with Crippen molar-refractivity contribution in [3.05, 3.63) is 0 Å². The first kappa shape index (κ1) is 17.0. The zero-order chi connectivity index (χ0) is 14.7. The molecule has 2 atom stereocenters. The molecular formula is C16H31O2P. The summed E-state index contributed by atoms with van der Waals surface area (Å²) >= 11 is 0. The number of carbonyl (C=O) groups excluding carboxylic acids is 1. The summed E-state index contributed by atoms with van der Waals surface area (Å²) in [4.78, 5) is 12.6. The zero-order valence-electron chi connectivity index (χ0n) is 13.5. The minimum atomic E-state index is -0.302. The van der Waals surface area contributed by atoms with Crippen LogP contribution in [0, 0.1) is 11.8 Å². The van der Waals surface area contributed by atoms with Crippen LogP contribution in [0.3, 0.4) is 0 Å². The highest BCUT2D eigenvalue weighted by molar-refractivity contribution is 7.40. The van der Waals surface area contributed by atoms with E-state index in [-0.39, 0.29) is 16.7 Å². The van der Waals surface area contributed by atoms with Gasteiger partial charge in [0.25, 0.3) is 0 Å². The Balaban J connectivity index is 2.70. The molecule has 112 valence electrons. The Morgan fingerprint density at radius 1 is 1.26 bits per heavy atom. The fourth-order valence-electron chi connectivity index (χ4n) is 3.16. The maximum absolute atomic E-state index is 12.6. The molecule has 1 rings (SSSR count). The third kappa shape index (κ3) is 4.45. The lowest BCUT2D eigenvalue weighted by Crippen LogP contribution is -2.43. The molecule has 2 nitrogen and oxygen atoms in total. The van der Waals surface area contributed by atoms with Crippen molar-refractivity contribution in [1.82, 2.24) is 0 Å². The van der Waals surface area contributed by atoms with Gasteiger partial charge in [0.2, 0.25) is 0 Å². The van der Waals surface area contributed by atoms with Gasteiger partial charge in [0, 0.05) is 0 Å². The third-order valence-corrected chi connectivity index (χ3v) is 6.02. The van der Waals surface area contributed by atoms with E-state index in [1.807, 2.05) is 0 Å². The molecule has 0 saturated heterocycles. The molecule has 1 aliphatic carbocycles. The molecule has 1 fully saturated rings. The standard InChI is InChI=1S/C16H31O2P/c1-12(2)11-16(5,19-6)14(17)18-15(3,4)13-9-7-8-10-13/h12-13,19H,7-11H2,1-6H3. The molecule has 0 amide bonds. The Kier molecular flexibility index (Phi) is 5.86. The number of esters is 1. The van der Waals surface area contributed by atoms with E-state index in [0.29, 0.717) is 20.4 Å². The highest BCUT2D eigenvalue weighted by Crippen LogP contribution is 2.41. The molecule has 1 aliphatic rings. The molecule has 0 spiro atoms. The number of ether oxygens (including phenoxy) is 1. The summed E-state index contributed by atoms with van der Waals surface area (Å²) in [5.41, 5.74) is -0.300. The molecule has 3 heteroatoms. The van der Waals surface area contributed by atoms with Gasteiger partial charge in [0.05, 0.1) is 5.16 Å². The van der Waals surface area contributed by atoms with Crippen LogP contribution < -0.4 is 0 Å². The monoisotopic (exact) mass is 286 g/mol. The van der Waals surface area contributed by atoms with Gasteiger partial charge in [0.1, 0.15) is 5.60 Å². The van der Waals surface area contributed by atoms with Crippen LogP contribution in [-0.2, 0) is 9.53 Å². The average molecular weight is 286 g/mol. The second-order valence-electron chi connectivity index (χ2n) is 7.15. The van der Waals surface area contributed by atoms with Crippen LogP contribution in [0.2, 0.25) is 0 Å². The maximum atomic E-state index is 12.6. The molecule has 0 N–H and O–H groups in total. The molecule has 0 aliphatic heterocycles. The predicted molar refractivity (Wildman–Crippen MR) is 84.2 cm³/mol. The Hall–Kier alpha value is -0.100. The lowest BCUT2D eigenvalue weighted by molar-refractivity contribution is -0.164. The number of hydrogen-bond acceptors (Lipinski definition) is 2. The van der Waals surface area contributed by atoms with Crippen LogP contribution in [0.4, 0.5) is 0 Å². The van der Waals surface area contributed by atoms with Gasteiger partial charge < -0.3 is 4.74 Å². The first-order valence-electron chi connectivity index (χ1n) is 7.63. The summed E-state index contributed by atoms with van der Waals surface area (Å²) in [6.45, 7) is 12.7. The summed E-state index contributed by atoms with van der Waals surface area (Å²) in [5.74, 6) is 1.08. The van der Waals surface area contributed by atoms with E-state index >= 15 is 0 Å². The lowest BCUT2D eigenvalue weighted by Gasteiger charge is -2.36. The second-order valence-corrected chi connectivity index (χ2v) is 8.76. The fourth-order valence-corrected chi connectivity index (χ4v) is 4.03. The van der Waals surface area contributed by atoms with E-state index < -0.39 is 0 Å². The van der Waals surface area contributed by atoms with Crippen molar-refractivity contribution in [2.75, 3.05) is 6.66 Å². The van der Waals surface area contributed by atoms with Gasteiger partial charge in [-0.3, -0.25) is 4.79 Å². The van der Waals surface area contributed by atoms with Crippen LogP contribution in [0.15, 0.2) is 0 Å². The first-order chi connectivity index (χ1) is 8.71. The minimum Gasteiger partial charge on any atom is -0.459 e. The smallest absolute Gasteiger partial charge is 0.316 e. The average Bonchev–Trinajstić information content (AvgIpc) is 2.81. The normalized spacial score (nSPS) is 21.2. The van der Waals surface area contributed by atoms with E-state index in [0.717, 1.165) is 6.42 Å². The Morgan fingerprint density at radius 2 is 1.79 bits per heavy atom. The summed E-state index contributed by atoms with van der Waals surface area (Å²) in [5, 5.41) is -0.302. The van der Waals surface area contributed by atoms with Crippen molar-refractivity contribution < 1.29 is 9.53 Å². The van der Waals surface area contributed by atoms with E-state index in [9.17, 15) is 4.79 Å². The Bertz CT molecular complexity index is 306. The molecule has 0 heterocycles. The molecule has 0 aromatic carbocycles. The highest BCUT2D eigenvalue weighted by Gasteiger charge is 2.41. The van der Waals surface area contributed by atoms with Crippen molar-refractivity contribution >= 4 is 14.6 Å². The van der Waals surface area contributed by atoms with Gasteiger partial charge in [-0.05, 0) is 58.5 Å². The molecule has 0 aromatic heterocycles. The van der Waals surface area contributed by atoms with E-state index in [2.05, 4.69) is 41.3 Å². The topological polar surface area (TPSA) is 26.3 Å². The van der Waals surface area contributed by atoms with Gasteiger partial charge in [0.15, 0.2) is 0 Å². The summed E-state index contributed by atoms with van der Waals surface area (Å²) in [7, 11) is 0.597. The predicted octanol–water partition coefficient (Wildman–Crippen LogP) is 4.61. The van der Waals surface area contributed by atoms with Gasteiger partial charge in [-0.15, -0.1) is 8.58 Å². The molecule has 19 heavy (non-hydrogen) atoms. The Morgan fingerprint density at radius 3 is 2.21 bits per heavy atom. The fraction of sp³-hybridized carbons (Fsp3) is 0.938. The lowest BCUT2D eigenvalue weighted by atomic mass is 9.89. The molecular weight excluding hydrogens is 255 g/mol. The zero-order valence-corrected chi connectivity index (χ0v) is 14.5.